The molecule has 1 aromatic heterocycles. The van der Waals surface area contributed by atoms with E-state index in [-0.39, 0.29) is 0 Å². The standard InChI is InChI=1S/C14H22N4O/c1-17-6-8-18(9-7-17)12-10-13(19-2)16-11-4-3-5-15-14(11)12/h10,15H,3-9H2,1-2H3. The molecule has 0 aliphatic carbocycles. The number of likely N-dealkylation sites (N-methyl/N-ethyl adjacent to an activating group) is 1. The Bertz CT molecular complexity index is 455. The maximum Gasteiger partial charge on any atom is 0.215 e. The van der Waals surface area contributed by atoms with Gasteiger partial charge in [0.15, 0.2) is 0 Å². The summed E-state index contributed by atoms with van der Waals surface area (Å²) in [5.74, 6) is 0.733. The van der Waals surface area contributed by atoms with Crippen molar-refractivity contribution in [3.63, 3.8) is 0 Å². The molecule has 0 unspecified atom stereocenters. The highest BCUT2D eigenvalue weighted by molar-refractivity contribution is 5.74. The summed E-state index contributed by atoms with van der Waals surface area (Å²) in [4.78, 5) is 9.40. The molecule has 19 heavy (non-hydrogen) atoms. The van der Waals surface area contributed by atoms with E-state index >= 15 is 0 Å². The van der Waals surface area contributed by atoms with Gasteiger partial charge in [0.1, 0.15) is 0 Å². The third-order valence-electron chi connectivity index (χ3n) is 4.00. The second kappa shape index (κ2) is 5.25. The number of ether oxygens (including phenoxy) is 1. The van der Waals surface area contributed by atoms with Gasteiger partial charge in [-0.05, 0) is 19.9 Å². The van der Waals surface area contributed by atoms with E-state index in [0.717, 1.165) is 57.1 Å². The van der Waals surface area contributed by atoms with E-state index in [1.165, 1.54) is 11.4 Å². The zero-order chi connectivity index (χ0) is 13.2. The van der Waals surface area contributed by atoms with E-state index in [1.807, 2.05) is 0 Å². The lowest BCUT2D eigenvalue weighted by Gasteiger charge is -2.36. The van der Waals surface area contributed by atoms with Crippen LogP contribution in [0.3, 0.4) is 0 Å². The molecule has 3 heterocycles. The Morgan fingerprint density at radius 3 is 2.79 bits per heavy atom. The summed E-state index contributed by atoms with van der Waals surface area (Å²) in [6.07, 6.45) is 2.19. The predicted molar refractivity (Wildman–Crippen MR) is 77.3 cm³/mol. The molecule has 0 spiro atoms. The first kappa shape index (κ1) is 12.5. The number of rotatable bonds is 2. The second-order valence-corrected chi connectivity index (χ2v) is 5.33. The first-order valence-electron chi connectivity index (χ1n) is 7.03. The third-order valence-corrected chi connectivity index (χ3v) is 4.00. The van der Waals surface area contributed by atoms with Crippen LogP contribution in [0.2, 0.25) is 0 Å². The summed E-state index contributed by atoms with van der Waals surface area (Å²) in [6.45, 7) is 5.40. The van der Waals surface area contributed by atoms with Crippen LogP contribution in [-0.2, 0) is 6.42 Å². The highest BCUT2D eigenvalue weighted by Crippen LogP contribution is 2.35. The average Bonchev–Trinajstić information content (AvgIpc) is 2.47. The topological polar surface area (TPSA) is 40.6 Å². The fourth-order valence-electron chi connectivity index (χ4n) is 2.80. The van der Waals surface area contributed by atoms with Crippen LogP contribution in [0.25, 0.3) is 0 Å². The van der Waals surface area contributed by atoms with Crippen LogP contribution in [0.4, 0.5) is 11.4 Å². The second-order valence-electron chi connectivity index (χ2n) is 5.33. The lowest BCUT2D eigenvalue weighted by Crippen LogP contribution is -2.45. The smallest absolute Gasteiger partial charge is 0.215 e. The van der Waals surface area contributed by atoms with Gasteiger partial charge in [0.2, 0.25) is 5.88 Å². The fraction of sp³-hybridized carbons (Fsp3) is 0.643. The summed E-state index contributed by atoms with van der Waals surface area (Å²) in [6, 6.07) is 2.07. The number of nitrogens with one attached hydrogen (secondary N) is 1. The van der Waals surface area contributed by atoms with Crippen LogP contribution in [0.5, 0.6) is 5.88 Å². The minimum absolute atomic E-state index is 0.733. The van der Waals surface area contributed by atoms with E-state index in [0.29, 0.717) is 0 Å². The first-order chi connectivity index (χ1) is 9.28. The highest BCUT2D eigenvalue weighted by Gasteiger charge is 2.22. The zero-order valence-electron chi connectivity index (χ0n) is 11.8. The maximum absolute atomic E-state index is 5.36. The molecule has 104 valence electrons. The molecule has 1 fully saturated rings. The summed E-state index contributed by atoms with van der Waals surface area (Å²) in [5.41, 5.74) is 3.63. The van der Waals surface area contributed by atoms with Crippen molar-refractivity contribution in [2.75, 3.05) is 57.1 Å². The number of aromatic nitrogens is 1. The third kappa shape index (κ3) is 2.47. The summed E-state index contributed by atoms with van der Waals surface area (Å²) >= 11 is 0. The molecule has 0 atom stereocenters. The molecule has 2 aliphatic rings. The molecule has 0 amide bonds. The Labute approximate surface area is 114 Å². The van der Waals surface area contributed by atoms with Crippen molar-refractivity contribution in [2.45, 2.75) is 12.8 Å². The average molecular weight is 262 g/mol. The van der Waals surface area contributed by atoms with Crippen molar-refractivity contribution < 1.29 is 4.74 Å². The van der Waals surface area contributed by atoms with Gasteiger partial charge in [-0.15, -0.1) is 0 Å². The first-order valence-corrected chi connectivity index (χ1v) is 7.03. The molecule has 5 heteroatoms. The van der Waals surface area contributed by atoms with E-state index in [4.69, 9.17) is 4.74 Å². The summed E-state index contributed by atoms with van der Waals surface area (Å²) in [5, 5.41) is 3.52. The lowest BCUT2D eigenvalue weighted by molar-refractivity contribution is 0.312. The Morgan fingerprint density at radius 2 is 2.05 bits per heavy atom. The van der Waals surface area contributed by atoms with Crippen molar-refractivity contribution in [1.82, 2.24) is 9.88 Å². The van der Waals surface area contributed by atoms with Crippen molar-refractivity contribution in [2.24, 2.45) is 0 Å². The molecule has 1 saturated heterocycles. The van der Waals surface area contributed by atoms with E-state index in [9.17, 15) is 0 Å². The van der Waals surface area contributed by atoms with Crippen LogP contribution in [0, 0.1) is 0 Å². The van der Waals surface area contributed by atoms with Crippen molar-refractivity contribution in [3.8, 4) is 5.88 Å². The highest BCUT2D eigenvalue weighted by atomic mass is 16.5. The minimum atomic E-state index is 0.733. The van der Waals surface area contributed by atoms with Crippen molar-refractivity contribution in [3.05, 3.63) is 11.8 Å². The van der Waals surface area contributed by atoms with Crippen molar-refractivity contribution in [1.29, 1.82) is 0 Å². The van der Waals surface area contributed by atoms with Gasteiger partial charge < -0.3 is 19.9 Å². The SMILES string of the molecule is COc1cc(N2CCN(C)CC2)c2c(n1)CCCN2. The quantitative estimate of drug-likeness (QED) is 0.867. The Kier molecular flexibility index (Phi) is 3.46. The van der Waals surface area contributed by atoms with E-state index in [1.54, 1.807) is 7.11 Å². The molecule has 0 aromatic carbocycles. The predicted octanol–water partition coefficient (Wildman–Crippen LogP) is 1.20. The number of pyridine rings is 1. The molecular weight excluding hydrogens is 240 g/mol. The largest absolute Gasteiger partial charge is 0.481 e. The molecule has 0 saturated carbocycles. The number of anilines is 2. The van der Waals surface area contributed by atoms with E-state index < -0.39 is 0 Å². The molecule has 2 aliphatic heterocycles. The van der Waals surface area contributed by atoms with Gasteiger partial charge in [-0.1, -0.05) is 0 Å². The minimum Gasteiger partial charge on any atom is -0.481 e. The maximum atomic E-state index is 5.36. The van der Waals surface area contributed by atoms with Crippen LogP contribution in [0.1, 0.15) is 12.1 Å². The number of hydrogen-bond donors (Lipinski definition) is 1. The summed E-state index contributed by atoms with van der Waals surface area (Å²) in [7, 11) is 3.87. The zero-order valence-corrected chi connectivity index (χ0v) is 11.8. The number of fused-ring (bicyclic) bond motifs is 1. The number of methoxy groups -OCH3 is 1. The number of nitrogens with zero attached hydrogens (tertiary/aromatic N) is 3. The van der Waals surface area contributed by atoms with Gasteiger partial charge in [-0.2, -0.15) is 0 Å². The number of piperazine rings is 1. The lowest BCUT2D eigenvalue weighted by atomic mass is 10.1. The van der Waals surface area contributed by atoms with Gasteiger partial charge in [0.25, 0.3) is 0 Å². The van der Waals surface area contributed by atoms with Crippen molar-refractivity contribution >= 4 is 11.4 Å². The van der Waals surface area contributed by atoms with Gasteiger partial charge in [-0.25, -0.2) is 4.98 Å². The Hall–Kier alpha value is -1.49. The number of hydrogen-bond acceptors (Lipinski definition) is 5. The van der Waals surface area contributed by atoms with Crippen LogP contribution in [-0.4, -0.2) is 56.8 Å². The molecule has 5 nitrogen and oxygen atoms in total. The normalized spacial score (nSPS) is 19.8. The molecule has 1 aromatic rings. The summed E-state index contributed by atoms with van der Waals surface area (Å²) < 4.78 is 5.36. The van der Waals surface area contributed by atoms with Gasteiger partial charge in [0, 0.05) is 38.8 Å². The molecule has 0 bridgehead atoms. The molecule has 1 N–H and O–H groups in total. The number of aryl methyl sites for hydroxylation is 1. The van der Waals surface area contributed by atoms with Gasteiger partial charge in [-0.3, -0.25) is 0 Å². The van der Waals surface area contributed by atoms with E-state index in [2.05, 4.69) is 33.2 Å². The van der Waals surface area contributed by atoms with Gasteiger partial charge >= 0.3 is 0 Å². The van der Waals surface area contributed by atoms with Crippen LogP contribution >= 0.6 is 0 Å². The van der Waals surface area contributed by atoms with Crippen LogP contribution < -0.4 is 15.0 Å². The monoisotopic (exact) mass is 262 g/mol. The van der Waals surface area contributed by atoms with Crippen LogP contribution in [0.15, 0.2) is 6.07 Å². The fourth-order valence-corrected chi connectivity index (χ4v) is 2.80. The molecule has 0 radical (unpaired) electrons. The molecular formula is C14H22N4O. The molecule has 3 rings (SSSR count). The van der Waals surface area contributed by atoms with Gasteiger partial charge in [0.05, 0.1) is 24.2 Å². The Balaban J connectivity index is 1.94. The Morgan fingerprint density at radius 1 is 1.26 bits per heavy atom.